The summed E-state index contributed by atoms with van der Waals surface area (Å²) in [5, 5.41) is 28.5. The first-order chi connectivity index (χ1) is 15.4. The number of benzene rings is 2. The van der Waals surface area contributed by atoms with Crippen LogP contribution in [0.25, 0.3) is 11.4 Å². The molecule has 0 aliphatic rings. The van der Waals surface area contributed by atoms with E-state index in [1.807, 2.05) is 30.3 Å². The molecule has 0 aliphatic carbocycles. The second kappa shape index (κ2) is 11.5. The van der Waals surface area contributed by atoms with Crippen molar-refractivity contribution in [1.82, 2.24) is 15.5 Å². The van der Waals surface area contributed by atoms with Gasteiger partial charge in [-0.05, 0) is 30.0 Å². The SMILES string of the molecule is CC(C)COCC(O)CNC(Cc1ccccc1)c1nc(-c2ccc([N+](=O)[O-])cc2)no1. The van der Waals surface area contributed by atoms with Crippen LogP contribution < -0.4 is 5.32 Å². The lowest BCUT2D eigenvalue weighted by atomic mass is 10.1. The van der Waals surface area contributed by atoms with Gasteiger partial charge in [-0.25, -0.2) is 0 Å². The minimum absolute atomic E-state index is 0.00485. The van der Waals surface area contributed by atoms with E-state index in [0.717, 1.165) is 5.56 Å². The highest BCUT2D eigenvalue weighted by Crippen LogP contribution is 2.23. The number of nitrogens with one attached hydrogen (secondary N) is 1. The number of nitro benzene ring substituents is 1. The molecule has 1 heterocycles. The fourth-order valence-electron chi connectivity index (χ4n) is 3.10. The molecule has 170 valence electrons. The van der Waals surface area contributed by atoms with Crippen molar-refractivity contribution in [3.8, 4) is 11.4 Å². The molecule has 3 rings (SSSR count). The summed E-state index contributed by atoms with van der Waals surface area (Å²) in [5.74, 6) is 1.12. The number of non-ortho nitro benzene ring substituents is 1. The van der Waals surface area contributed by atoms with Gasteiger partial charge in [0, 0.05) is 30.8 Å². The normalized spacial score (nSPS) is 13.2. The molecule has 2 unspecified atom stereocenters. The van der Waals surface area contributed by atoms with Crippen LogP contribution in [0.15, 0.2) is 59.1 Å². The summed E-state index contributed by atoms with van der Waals surface area (Å²) >= 11 is 0. The van der Waals surface area contributed by atoms with Crippen LogP contribution in [-0.4, -0.2) is 46.0 Å². The van der Waals surface area contributed by atoms with Gasteiger partial charge in [0.2, 0.25) is 11.7 Å². The third-order valence-electron chi connectivity index (χ3n) is 4.72. The molecule has 0 amide bonds. The molecular formula is C23H28N4O5. The Bertz CT molecular complexity index is 976. The topological polar surface area (TPSA) is 124 Å². The Morgan fingerprint density at radius 3 is 2.50 bits per heavy atom. The van der Waals surface area contributed by atoms with E-state index in [1.54, 1.807) is 12.1 Å². The molecule has 9 heteroatoms. The maximum absolute atomic E-state index is 10.9. The summed E-state index contributed by atoms with van der Waals surface area (Å²) in [6.07, 6.45) is -0.0911. The Kier molecular flexibility index (Phi) is 8.43. The number of ether oxygens (including phenoxy) is 1. The lowest BCUT2D eigenvalue weighted by Gasteiger charge is -2.18. The largest absolute Gasteiger partial charge is 0.389 e. The van der Waals surface area contributed by atoms with Crippen LogP contribution in [0, 0.1) is 16.0 Å². The van der Waals surface area contributed by atoms with Gasteiger partial charge in [0.1, 0.15) is 0 Å². The second-order valence-corrected chi connectivity index (χ2v) is 8.00. The predicted octanol–water partition coefficient (Wildman–Crippen LogP) is 3.55. The van der Waals surface area contributed by atoms with Crippen molar-refractivity contribution in [2.45, 2.75) is 32.4 Å². The minimum Gasteiger partial charge on any atom is -0.389 e. The van der Waals surface area contributed by atoms with Crippen LogP contribution in [0.5, 0.6) is 0 Å². The molecule has 9 nitrogen and oxygen atoms in total. The van der Waals surface area contributed by atoms with Crippen molar-refractivity contribution in [2.24, 2.45) is 5.92 Å². The van der Waals surface area contributed by atoms with Gasteiger partial charge in [0.25, 0.3) is 5.69 Å². The molecule has 32 heavy (non-hydrogen) atoms. The molecule has 2 atom stereocenters. The summed E-state index contributed by atoms with van der Waals surface area (Å²) in [6, 6.07) is 15.5. The van der Waals surface area contributed by atoms with E-state index in [4.69, 9.17) is 9.26 Å². The molecule has 0 radical (unpaired) electrons. The lowest BCUT2D eigenvalue weighted by Crippen LogP contribution is -2.34. The predicted molar refractivity (Wildman–Crippen MR) is 119 cm³/mol. The molecule has 2 N–H and O–H groups in total. The number of hydrogen-bond donors (Lipinski definition) is 2. The summed E-state index contributed by atoms with van der Waals surface area (Å²) in [5.41, 5.74) is 1.69. The standard InChI is InChI=1S/C23H28N4O5/c1-16(2)14-31-15-20(28)13-24-21(12-17-6-4-3-5-7-17)23-25-22(26-32-23)18-8-10-19(11-9-18)27(29)30/h3-11,16,20-21,24,28H,12-15H2,1-2H3. The van der Waals surface area contributed by atoms with Crippen LogP contribution in [0.4, 0.5) is 5.69 Å². The van der Waals surface area contributed by atoms with Crippen LogP contribution >= 0.6 is 0 Å². The molecule has 0 spiro atoms. The fourth-order valence-corrected chi connectivity index (χ4v) is 3.10. The van der Waals surface area contributed by atoms with Crippen LogP contribution in [0.2, 0.25) is 0 Å². The van der Waals surface area contributed by atoms with Crippen LogP contribution in [-0.2, 0) is 11.2 Å². The number of rotatable bonds is 12. The third-order valence-corrected chi connectivity index (χ3v) is 4.72. The van der Waals surface area contributed by atoms with Gasteiger partial charge >= 0.3 is 0 Å². The van der Waals surface area contributed by atoms with Crippen molar-refractivity contribution >= 4 is 5.69 Å². The minimum atomic E-state index is -0.677. The van der Waals surface area contributed by atoms with Crippen molar-refractivity contribution in [3.63, 3.8) is 0 Å². The zero-order chi connectivity index (χ0) is 22.9. The van der Waals surface area contributed by atoms with Gasteiger partial charge in [0.15, 0.2) is 0 Å². The van der Waals surface area contributed by atoms with Crippen molar-refractivity contribution in [2.75, 3.05) is 19.8 Å². The Labute approximate surface area is 186 Å². The van der Waals surface area contributed by atoms with Crippen LogP contribution in [0.1, 0.15) is 31.3 Å². The molecule has 0 aliphatic heterocycles. The van der Waals surface area contributed by atoms with E-state index in [2.05, 4.69) is 29.3 Å². The van der Waals surface area contributed by atoms with Gasteiger partial charge in [-0.2, -0.15) is 4.98 Å². The van der Waals surface area contributed by atoms with Crippen molar-refractivity contribution in [1.29, 1.82) is 0 Å². The number of aliphatic hydroxyl groups excluding tert-OH is 1. The van der Waals surface area contributed by atoms with E-state index in [0.29, 0.717) is 42.8 Å². The van der Waals surface area contributed by atoms with E-state index in [1.165, 1.54) is 12.1 Å². The quantitative estimate of drug-likeness (QED) is 0.324. The van der Waals surface area contributed by atoms with Crippen molar-refractivity contribution in [3.05, 3.63) is 76.2 Å². The number of nitrogens with zero attached hydrogens (tertiary/aromatic N) is 3. The number of nitro groups is 1. The summed E-state index contributed by atoms with van der Waals surface area (Å²) < 4.78 is 11.0. The second-order valence-electron chi connectivity index (χ2n) is 8.00. The monoisotopic (exact) mass is 440 g/mol. The molecule has 0 saturated carbocycles. The Morgan fingerprint density at radius 2 is 1.84 bits per heavy atom. The Hall–Kier alpha value is -3.14. The molecule has 0 bridgehead atoms. The van der Waals surface area contributed by atoms with E-state index in [9.17, 15) is 15.2 Å². The summed E-state index contributed by atoms with van der Waals surface area (Å²) in [6.45, 7) is 5.23. The smallest absolute Gasteiger partial charge is 0.269 e. The van der Waals surface area contributed by atoms with Gasteiger partial charge in [-0.15, -0.1) is 0 Å². The first-order valence-electron chi connectivity index (χ1n) is 10.5. The Morgan fingerprint density at radius 1 is 1.12 bits per heavy atom. The van der Waals surface area contributed by atoms with Gasteiger partial charge in [0.05, 0.1) is 23.7 Å². The number of hydrogen-bond acceptors (Lipinski definition) is 8. The maximum atomic E-state index is 10.9. The maximum Gasteiger partial charge on any atom is 0.269 e. The lowest BCUT2D eigenvalue weighted by molar-refractivity contribution is -0.384. The first kappa shape index (κ1) is 23.5. The molecule has 3 aromatic rings. The number of aromatic nitrogens is 2. The van der Waals surface area contributed by atoms with E-state index in [-0.39, 0.29) is 18.3 Å². The third kappa shape index (κ3) is 6.94. The molecule has 0 saturated heterocycles. The highest BCUT2D eigenvalue weighted by molar-refractivity contribution is 5.56. The zero-order valence-electron chi connectivity index (χ0n) is 18.2. The highest BCUT2D eigenvalue weighted by Gasteiger charge is 2.21. The molecule has 1 aromatic heterocycles. The van der Waals surface area contributed by atoms with Gasteiger partial charge < -0.3 is 19.7 Å². The van der Waals surface area contributed by atoms with Gasteiger partial charge in [-0.3, -0.25) is 10.1 Å². The zero-order valence-corrected chi connectivity index (χ0v) is 18.2. The average Bonchev–Trinajstić information content (AvgIpc) is 3.27. The van der Waals surface area contributed by atoms with Crippen molar-refractivity contribution < 1.29 is 19.3 Å². The molecule has 2 aromatic carbocycles. The van der Waals surface area contributed by atoms with Crippen LogP contribution in [0.3, 0.4) is 0 Å². The summed E-state index contributed by atoms with van der Waals surface area (Å²) in [7, 11) is 0. The highest BCUT2D eigenvalue weighted by atomic mass is 16.6. The summed E-state index contributed by atoms with van der Waals surface area (Å²) in [4.78, 5) is 14.9. The first-order valence-corrected chi connectivity index (χ1v) is 10.5. The molecular weight excluding hydrogens is 412 g/mol. The Balaban J connectivity index is 1.71. The average molecular weight is 441 g/mol. The van der Waals surface area contributed by atoms with E-state index < -0.39 is 11.0 Å². The van der Waals surface area contributed by atoms with Gasteiger partial charge in [-0.1, -0.05) is 49.3 Å². The number of aliphatic hydroxyl groups is 1. The fraction of sp³-hybridized carbons (Fsp3) is 0.391. The van der Waals surface area contributed by atoms with E-state index >= 15 is 0 Å². The molecule has 0 fully saturated rings.